The zero-order valence-corrected chi connectivity index (χ0v) is 12.7. The first kappa shape index (κ1) is 14.1. The second-order valence-electron chi connectivity index (χ2n) is 5.33. The van der Waals surface area contributed by atoms with Gasteiger partial charge in [-0.2, -0.15) is 15.0 Å². The summed E-state index contributed by atoms with van der Waals surface area (Å²) in [6.45, 7) is 4.70. The summed E-state index contributed by atoms with van der Waals surface area (Å²) in [4.78, 5) is 14.9. The Labute approximate surface area is 128 Å². The van der Waals surface area contributed by atoms with Crippen molar-refractivity contribution in [1.82, 2.24) is 15.0 Å². The van der Waals surface area contributed by atoms with Gasteiger partial charge in [-0.1, -0.05) is 6.92 Å². The molecular weight excluding hydrogens is 290 g/mol. The van der Waals surface area contributed by atoms with Crippen molar-refractivity contribution in [1.29, 1.82) is 0 Å². The van der Waals surface area contributed by atoms with E-state index in [9.17, 15) is 0 Å². The maximum absolute atomic E-state index is 6.01. The van der Waals surface area contributed by atoms with Gasteiger partial charge in [0.2, 0.25) is 17.2 Å². The smallest absolute Gasteiger partial charge is 0.231 e. The number of aromatic nitrogens is 3. The first-order valence-corrected chi connectivity index (χ1v) is 7.51. The third-order valence-electron chi connectivity index (χ3n) is 3.66. The SMILES string of the molecule is CC1CCN(c2nc(Cl)nc(NCc3ccco3)n2)CC1. The zero-order chi connectivity index (χ0) is 14.7. The maximum Gasteiger partial charge on any atom is 0.231 e. The topological polar surface area (TPSA) is 67.1 Å². The lowest BCUT2D eigenvalue weighted by atomic mass is 10.00. The number of nitrogens with zero attached hydrogens (tertiary/aromatic N) is 4. The second kappa shape index (κ2) is 6.30. The van der Waals surface area contributed by atoms with Gasteiger partial charge in [0.15, 0.2) is 0 Å². The van der Waals surface area contributed by atoms with Crippen LogP contribution in [0.2, 0.25) is 5.28 Å². The lowest BCUT2D eigenvalue weighted by molar-refractivity contribution is 0.434. The van der Waals surface area contributed by atoms with Crippen LogP contribution < -0.4 is 10.2 Å². The predicted molar refractivity (Wildman–Crippen MR) is 81.5 cm³/mol. The molecule has 1 aliphatic rings. The molecule has 21 heavy (non-hydrogen) atoms. The first-order valence-electron chi connectivity index (χ1n) is 7.13. The van der Waals surface area contributed by atoms with Gasteiger partial charge in [-0.25, -0.2) is 0 Å². The lowest BCUT2D eigenvalue weighted by Crippen LogP contribution is -2.34. The van der Waals surface area contributed by atoms with E-state index in [1.54, 1.807) is 6.26 Å². The molecule has 0 atom stereocenters. The minimum absolute atomic E-state index is 0.209. The Hall–Kier alpha value is -1.82. The number of rotatable bonds is 4. The van der Waals surface area contributed by atoms with Crippen molar-refractivity contribution in [3.8, 4) is 0 Å². The molecule has 0 aliphatic carbocycles. The fourth-order valence-corrected chi connectivity index (χ4v) is 2.50. The molecule has 1 aliphatic heterocycles. The van der Waals surface area contributed by atoms with Crippen LogP contribution in [0.4, 0.5) is 11.9 Å². The summed E-state index contributed by atoms with van der Waals surface area (Å²) in [6, 6.07) is 3.74. The van der Waals surface area contributed by atoms with Crippen LogP contribution in [0, 0.1) is 5.92 Å². The Bertz CT molecular complexity index is 581. The van der Waals surface area contributed by atoms with Gasteiger partial charge in [0.25, 0.3) is 0 Å². The van der Waals surface area contributed by atoms with E-state index in [4.69, 9.17) is 16.0 Å². The molecule has 6 nitrogen and oxygen atoms in total. The first-order chi connectivity index (χ1) is 10.2. The molecule has 1 N–H and O–H groups in total. The van der Waals surface area contributed by atoms with E-state index in [1.807, 2.05) is 12.1 Å². The molecule has 0 unspecified atom stereocenters. The molecule has 3 rings (SSSR count). The zero-order valence-electron chi connectivity index (χ0n) is 11.9. The minimum Gasteiger partial charge on any atom is -0.467 e. The molecule has 1 fully saturated rings. The highest BCUT2D eigenvalue weighted by atomic mass is 35.5. The van der Waals surface area contributed by atoms with Gasteiger partial charge < -0.3 is 14.6 Å². The van der Waals surface area contributed by atoms with E-state index in [2.05, 4.69) is 32.1 Å². The number of hydrogen-bond acceptors (Lipinski definition) is 6. The molecule has 0 spiro atoms. The van der Waals surface area contributed by atoms with E-state index in [0.717, 1.165) is 37.6 Å². The summed E-state index contributed by atoms with van der Waals surface area (Å²) in [5, 5.41) is 3.32. The Kier molecular flexibility index (Phi) is 4.24. The van der Waals surface area contributed by atoms with Crippen LogP contribution in [-0.2, 0) is 6.54 Å². The van der Waals surface area contributed by atoms with Gasteiger partial charge in [-0.3, -0.25) is 0 Å². The Morgan fingerprint density at radius 1 is 1.33 bits per heavy atom. The van der Waals surface area contributed by atoms with E-state index < -0.39 is 0 Å². The maximum atomic E-state index is 6.01. The van der Waals surface area contributed by atoms with Crippen molar-refractivity contribution in [2.24, 2.45) is 5.92 Å². The molecule has 0 saturated carbocycles. The van der Waals surface area contributed by atoms with Gasteiger partial charge in [-0.05, 0) is 42.5 Å². The number of piperidine rings is 1. The van der Waals surface area contributed by atoms with Crippen molar-refractivity contribution < 1.29 is 4.42 Å². The van der Waals surface area contributed by atoms with E-state index >= 15 is 0 Å². The highest BCUT2D eigenvalue weighted by molar-refractivity contribution is 6.28. The van der Waals surface area contributed by atoms with Crippen molar-refractivity contribution in [3.05, 3.63) is 29.4 Å². The molecule has 0 bridgehead atoms. The van der Waals surface area contributed by atoms with Crippen LogP contribution >= 0.6 is 11.6 Å². The van der Waals surface area contributed by atoms with Gasteiger partial charge in [0.05, 0.1) is 12.8 Å². The number of furan rings is 1. The quantitative estimate of drug-likeness (QED) is 0.936. The largest absolute Gasteiger partial charge is 0.467 e. The summed E-state index contributed by atoms with van der Waals surface area (Å²) in [7, 11) is 0. The average Bonchev–Trinajstić information content (AvgIpc) is 2.99. The molecule has 2 aromatic rings. The predicted octanol–water partition coefficient (Wildman–Crippen LogP) is 2.97. The summed E-state index contributed by atoms with van der Waals surface area (Å²) >= 11 is 6.01. The third-order valence-corrected chi connectivity index (χ3v) is 3.83. The minimum atomic E-state index is 0.209. The van der Waals surface area contributed by atoms with Crippen LogP contribution in [0.3, 0.4) is 0 Å². The van der Waals surface area contributed by atoms with Crippen molar-refractivity contribution in [2.75, 3.05) is 23.3 Å². The van der Waals surface area contributed by atoms with Gasteiger partial charge in [0, 0.05) is 13.1 Å². The van der Waals surface area contributed by atoms with Crippen molar-refractivity contribution >= 4 is 23.5 Å². The molecule has 2 aromatic heterocycles. The molecule has 7 heteroatoms. The lowest BCUT2D eigenvalue weighted by Gasteiger charge is -2.30. The number of anilines is 2. The summed E-state index contributed by atoms with van der Waals surface area (Å²) < 4.78 is 5.27. The van der Waals surface area contributed by atoms with Crippen LogP contribution in [0.25, 0.3) is 0 Å². The number of hydrogen-bond donors (Lipinski definition) is 1. The molecule has 0 radical (unpaired) electrons. The van der Waals surface area contributed by atoms with Gasteiger partial charge in [0.1, 0.15) is 5.76 Å². The molecule has 1 saturated heterocycles. The second-order valence-corrected chi connectivity index (χ2v) is 5.67. The summed E-state index contributed by atoms with van der Waals surface area (Å²) in [5.74, 6) is 2.69. The molecular formula is C14H18ClN5O. The Morgan fingerprint density at radius 2 is 2.14 bits per heavy atom. The van der Waals surface area contributed by atoms with Crippen molar-refractivity contribution in [2.45, 2.75) is 26.3 Å². The van der Waals surface area contributed by atoms with E-state index in [0.29, 0.717) is 18.4 Å². The van der Waals surface area contributed by atoms with E-state index in [1.165, 1.54) is 0 Å². The fourth-order valence-electron chi connectivity index (χ4n) is 2.35. The standard InChI is InChI=1S/C14H18ClN5O/c1-10-4-6-20(7-5-10)14-18-12(15)17-13(19-14)16-9-11-3-2-8-21-11/h2-3,8,10H,4-7,9H2,1H3,(H,16,17,18,19). The van der Waals surface area contributed by atoms with Gasteiger partial charge in [-0.15, -0.1) is 0 Å². The van der Waals surface area contributed by atoms with E-state index in [-0.39, 0.29) is 5.28 Å². The molecule has 0 amide bonds. The Morgan fingerprint density at radius 3 is 2.86 bits per heavy atom. The fraction of sp³-hybridized carbons (Fsp3) is 0.500. The van der Waals surface area contributed by atoms with Crippen LogP contribution in [0.5, 0.6) is 0 Å². The average molecular weight is 308 g/mol. The third kappa shape index (κ3) is 3.64. The molecule has 0 aromatic carbocycles. The van der Waals surface area contributed by atoms with Crippen LogP contribution in [0.15, 0.2) is 22.8 Å². The summed E-state index contributed by atoms with van der Waals surface area (Å²) in [5.41, 5.74) is 0. The van der Waals surface area contributed by atoms with Crippen LogP contribution in [-0.4, -0.2) is 28.0 Å². The van der Waals surface area contributed by atoms with Gasteiger partial charge >= 0.3 is 0 Å². The highest BCUT2D eigenvalue weighted by Crippen LogP contribution is 2.21. The molecule has 112 valence electrons. The summed E-state index contributed by atoms with van der Waals surface area (Å²) in [6.07, 6.45) is 3.94. The highest BCUT2D eigenvalue weighted by Gasteiger charge is 2.19. The van der Waals surface area contributed by atoms with Crippen molar-refractivity contribution in [3.63, 3.8) is 0 Å². The number of nitrogens with one attached hydrogen (secondary N) is 1. The Balaban J connectivity index is 1.70. The molecule has 3 heterocycles. The number of halogens is 1. The monoisotopic (exact) mass is 307 g/mol. The van der Waals surface area contributed by atoms with Crippen LogP contribution in [0.1, 0.15) is 25.5 Å². The normalized spacial score (nSPS) is 16.2.